The monoisotopic (exact) mass is 395 g/mol. The van der Waals surface area contributed by atoms with Gasteiger partial charge in [0, 0.05) is 18.8 Å². The van der Waals surface area contributed by atoms with Crippen LogP contribution < -0.4 is 10.7 Å². The fraction of sp³-hybridized carbons (Fsp3) is 0.381. The molecule has 8 heteroatoms. The molecule has 5 rings (SSSR count). The Balaban J connectivity index is 1.46. The summed E-state index contributed by atoms with van der Waals surface area (Å²) in [6.45, 7) is 0.532. The number of nitrogens with one attached hydrogen (secondary N) is 1. The van der Waals surface area contributed by atoms with E-state index in [1.807, 2.05) is 30.3 Å². The molecule has 1 saturated carbocycles. The zero-order chi connectivity index (χ0) is 20.1. The first kappa shape index (κ1) is 17.9. The molecule has 2 amide bonds. The van der Waals surface area contributed by atoms with E-state index in [2.05, 4.69) is 5.32 Å². The number of carbonyl (C=O) groups excluding carboxylic acids is 2. The number of pyridine rings is 1. The van der Waals surface area contributed by atoms with Crippen molar-refractivity contribution in [3.05, 3.63) is 63.6 Å². The first-order valence-corrected chi connectivity index (χ1v) is 9.79. The molecule has 0 unspecified atom stereocenters. The van der Waals surface area contributed by atoms with Gasteiger partial charge in [0.05, 0.1) is 12.6 Å². The second-order valence-electron chi connectivity index (χ2n) is 7.78. The van der Waals surface area contributed by atoms with Crippen molar-refractivity contribution in [2.75, 3.05) is 0 Å². The second kappa shape index (κ2) is 6.73. The van der Waals surface area contributed by atoms with Crippen LogP contribution in [0.2, 0.25) is 0 Å². The third-order valence-electron chi connectivity index (χ3n) is 6.00. The summed E-state index contributed by atoms with van der Waals surface area (Å²) in [5, 5.41) is 13.2. The Morgan fingerprint density at radius 1 is 1.21 bits per heavy atom. The van der Waals surface area contributed by atoms with E-state index in [1.165, 1.54) is 10.8 Å². The number of fused-ring (bicyclic) bond motifs is 5. The summed E-state index contributed by atoms with van der Waals surface area (Å²) in [6, 6.07) is 9.38. The molecule has 1 saturated heterocycles. The fourth-order valence-electron chi connectivity index (χ4n) is 4.59. The highest BCUT2D eigenvalue weighted by molar-refractivity contribution is 5.99. The maximum absolute atomic E-state index is 13.0. The Hall–Kier alpha value is -3.13. The molecule has 2 bridgehead atoms. The number of amides is 2. The minimum atomic E-state index is -0.837. The van der Waals surface area contributed by atoms with Crippen LogP contribution in [0, 0.1) is 0 Å². The van der Waals surface area contributed by atoms with Gasteiger partial charge in [0.2, 0.25) is 5.43 Å². The predicted octanol–water partition coefficient (Wildman–Crippen LogP) is 1.22. The summed E-state index contributed by atoms with van der Waals surface area (Å²) in [4.78, 5) is 39.9. The maximum Gasteiger partial charge on any atom is 0.276 e. The average Bonchev–Trinajstić information content (AvgIpc) is 3.10. The van der Waals surface area contributed by atoms with Gasteiger partial charge in [-0.15, -0.1) is 0 Å². The zero-order valence-corrected chi connectivity index (χ0v) is 15.7. The number of hydrogen-bond acceptors (Lipinski definition) is 5. The third kappa shape index (κ3) is 2.91. The van der Waals surface area contributed by atoms with E-state index in [4.69, 9.17) is 4.74 Å². The van der Waals surface area contributed by atoms with E-state index in [0.717, 1.165) is 24.8 Å². The summed E-state index contributed by atoms with van der Waals surface area (Å²) >= 11 is 0. The number of carbonyl (C=O) groups is 2. The van der Waals surface area contributed by atoms with Crippen LogP contribution in [0.15, 0.2) is 41.3 Å². The number of benzene rings is 1. The Labute approximate surface area is 166 Å². The largest absolute Gasteiger partial charge is 0.503 e. The molecule has 2 fully saturated rings. The molecule has 3 atom stereocenters. The lowest BCUT2D eigenvalue weighted by Crippen LogP contribution is -2.57. The van der Waals surface area contributed by atoms with Crippen LogP contribution in [0.4, 0.5) is 0 Å². The normalized spacial score (nSPS) is 24.8. The zero-order valence-electron chi connectivity index (χ0n) is 15.7. The van der Waals surface area contributed by atoms with Crippen LogP contribution in [0.3, 0.4) is 0 Å². The topological polar surface area (TPSA) is 101 Å². The first-order chi connectivity index (χ1) is 14.0. The minimum absolute atomic E-state index is 0.0696. The second-order valence-corrected chi connectivity index (χ2v) is 7.78. The van der Waals surface area contributed by atoms with Crippen LogP contribution in [0.1, 0.15) is 45.7 Å². The Bertz CT molecular complexity index is 1050. The number of ether oxygens (including phenoxy) is 1. The van der Waals surface area contributed by atoms with E-state index in [9.17, 15) is 19.5 Å². The van der Waals surface area contributed by atoms with E-state index in [-0.39, 0.29) is 36.5 Å². The molecule has 3 aliphatic rings. The van der Waals surface area contributed by atoms with Gasteiger partial charge in [-0.2, -0.15) is 0 Å². The Kier molecular flexibility index (Phi) is 4.16. The van der Waals surface area contributed by atoms with Gasteiger partial charge >= 0.3 is 0 Å². The van der Waals surface area contributed by atoms with Crippen molar-refractivity contribution in [2.45, 2.75) is 50.7 Å². The van der Waals surface area contributed by atoms with Crippen molar-refractivity contribution in [1.82, 2.24) is 14.8 Å². The molecule has 1 aromatic carbocycles. The van der Waals surface area contributed by atoms with Gasteiger partial charge in [-0.05, 0) is 24.8 Å². The molecule has 29 heavy (non-hydrogen) atoms. The summed E-state index contributed by atoms with van der Waals surface area (Å²) in [5.41, 5.74) is -0.210. The van der Waals surface area contributed by atoms with Crippen LogP contribution >= 0.6 is 0 Å². The van der Waals surface area contributed by atoms with Crippen LogP contribution in [-0.2, 0) is 17.8 Å². The summed E-state index contributed by atoms with van der Waals surface area (Å²) < 4.78 is 7.48. The van der Waals surface area contributed by atoms with Crippen LogP contribution in [0.5, 0.6) is 5.75 Å². The van der Waals surface area contributed by atoms with Crippen molar-refractivity contribution in [3.8, 4) is 5.75 Å². The molecule has 150 valence electrons. The molecule has 2 aliphatic heterocycles. The molecule has 3 heterocycles. The van der Waals surface area contributed by atoms with Gasteiger partial charge in [-0.1, -0.05) is 30.3 Å². The smallest absolute Gasteiger partial charge is 0.276 e. The van der Waals surface area contributed by atoms with Crippen molar-refractivity contribution >= 4 is 11.8 Å². The van der Waals surface area contributed by atoms with Crippen LogP contribution in [0.25, 0.3) is 0 Å². The van der Waals surface area contributed by atoms with E-state index in [0.29, 0.717) is 0 Å². The van der Waals surface area contributed by atoms with Crippen molar-refractivity contribution < 1.29 is 19.4 Å². The van der Waals surface area contributed by atoms with Gasteiger partial charge in [-0.3, -0.25) is 14.4 Å². The summed E-state index contributed by atoms with van der Waals surface area (Å²) in [7, 11) is 0. The highest BCUT2D eigenvalue weighted by Gasteiger charge is 2.47. The maximum atomic E-state index is 13.0. The predicted molar refractivity (Wildman–Crippen MR) is 102 cm³/mol. The molecule has 0 radical (unpaired) electrons. The van der Waals surface area contributed by atoms with E-state index < -0.39 is 29.2 Å². The van der Waals surface area contributed by atoms with Crippen molar-refractivity contribution in [1.29, 1.82) is 0 Å². The van der Waals surface area contributed by atoms with E-state index in [1.54, 1.807) is 4.90 Å². The molecular weight excluding hydrogens is 374 g/mol. The lowest BCUT2D eigenvalue weighted by molar-refractivity contribution is -0.132. The van der Waals surface area contributed by atoms with Gasteiger partial charge in [0.25, 0.3) is 11.8 Å². The molecule has 0 spiro atoms. The van der Waals surface area contributed by atoms with Gasteiger partial charge in [0.15, 0.2) is 17.7 Å². The molecule has 8 nitrogen and oxygen atoms in total. The third-order valence-corrected chi connectivity index (χ3v) is 6.00. The van der Waals surface area contributed by atoms with Crippen molar-refractivity contribution in [2.24, 2.45) is 0 Å². The van der Waals surface area contributed by atoms with E-state index >= 15 is 0 Å². The Morgan fingerprint density at radius 2 is 2.00 bits per heavy atom. The lowest BCUT2D eigenvalue weighted by Gasteiger charge is -2.44. The number of nitrogens with zero attached hydrogens (tertiary/aromatic N) is 2. The quantitative estimate of drug-likeness (QED) is 0.814. The van der Waals surface area contributed by atoms with Gasteiger partial charge in [-0.25, -0.2) is 0 Å². The molecule has 2 N–H and O–H groups in total. The molecule has 1 aliphatic carbocycles. The summed E-state index contributed by atoms with van der Waals surface area (Å²) in [6.07, 6.45) is 3.59. The minimum Gasteiger partial charge on any atom is -0.503 e. The SMILES string of the molecule is O=C(NCc1ccccc1)c1cn2c(c(O)c1=O)C(=O)N1[C@H]3CC[C@H](C3)O[C@@H]1C2. The average molecular weight is 395 g/mol. The molecule has 2 aromatic rings. The highest BCUT2D eigenvalue weighted by atomic mass is 16.5. The number of rotatable bonds is 3. The highest BCUT2D eigenvalue weighted by Crippen LogP contribution is 2.38. The van der Waals surface area contributed by atoms with Gasteiger partial charge < -0.3 is 24.6 Å². The van der Waals surface area contributed by atoms with Crippen molar-refractivity contribution in [3.63, 3.8) is 0 Å². The van der Waals surface area contributed by atoms with Gasteiger partial charge in [0.1, 0.15) is 5.56 Å². The van der Waals surface area contributed by atoms with Crippen LogP contribution in [-0.4, -0.2) is 44.8 Å². The molecular formula is C21H21N3O5. The molecule has 1 aromatic heterocycles. The first-order valence-electron chi connectivity index (χ1n) is 9.79. The summed E-state index contributed by atoms with van der Waals surface area (Å²) in [5.74, 6) is -1.69. The number of hydrogen-bond donors (Lipinski definition) is 2. The Morgan fingerprint density at radius 3 is 2.79 bits per heavy atom. The fourth-order valence-corrected chi connectivity index (χ4v) is 4.59. The number of aromatic nitrogens is 1. The number of aromatic hydroxyl groups is 1. The lowest BCUT2D eigenvalue weighted by atomic mass is 10.1. The standard InChI is InChI=1S/C21H21N3O5/c25-18-15(20(27)22-9-12-4-2-1-3-5-12)10-23-11-16-24(21(28)17(23)19(18)26)13-6-7-14(8-13)29-16/h1-5,10,13-14,16,26H,6-9,11H2,(H,22,27)/t13-,14+,16+/m0/s1.